The van der Waals surface area contributed by atoms with Crippen LogP contribution in [0.5, 0.6) is 0 Å². The highest BCUT2D eigenvalue weighted by Gasteiger charge is 2.22. The Morgan fingerprint density at radius 1 is 1.33 bits per heavy atom. The largest absolute Gasteiger partial charge is 0.351 e. The van der Waals surface area contributed by atoms with Gasteiger partial charge in [0.1, 0.15) is 5.15 Å². The molecule has 1 N–H and O–H groups in total. The average molecular weight is 368 g/mol. The fraction of sp³-hybridized carbons (Fsp3) is 0.250. The maximum absolute atomic E-state index is 12.2. The first-order valence-electron chi connectivity index (χ1n) is 6.55. The zero-order valence-corrected chi connectivity index (χ0v) is 14.2. The van der Waals surface area contributed by atoms with Crippen molar-refractivity contribution < 1.29 is 4.79 Å². The molecule has 5 heteroatoms. The van der Waals surface area contributed by atoms with E-state index in [0.29, 0.717) is 12.1 Å². The van der Waals surface area contributed by atoms with Gasteiger partial charge in [-0.3, -0.25) is 4.79 Å². The smallest absolute Gasteiger partial charge is 0.254 e. The molecule has 0 aliphatic rings. The molecule has 1 aromatic heterocycles. The summed E-state index contributed by atoms with van der Waals surface area (Å²) in [6.07, 6.45) is 1.56. The van der Waals surface area contributed by atoms with Gasteiger partial charge in [0.2, 0.25) is 0 Å². The van der Waals surface area contributed by atoms with Crippen molar-refractivity contribution in [3.05, 3.63) is 63.3 Å². The quantitative estimate of drug-likeness (QED) is 0.823. The van der Waals surface area contributed by atoms with Crippen LogP contribution in [0, 0.1) is 0 Å². The van der Waals surface area contributed by atoms with Crippen LogP contribution in [-0.4, -0.2) is 17.4 Å². The molecule has 0 spiro atoms. The Balaban J connectivity index is 2.09. The number of pyridine rings is 1. The van der Waals surface area contributed by atoms with Gasteiger partial charge in [0.05, 0.1) is 5.56 Å². The number of aromatic nitrogens is 1. The molecule has 0 radical (unpaired) electrons. The molecule has 21 heavy (non-hydrogen) atoms. The molecule has 0 saturated carbocycles. The minimum atomic E-state index is -0.224. The second-order valence-electron chi connectivity index (χ2n) is 5.42. The van der Waals surface area contributed by atoms with Crippen molar-refractivity contribution in [1.29, 1.82) is 0 Å². The monoisotopic (exact) mass is 366 g/mol. The highest BCUT2D eigenvalue weighted by atomic mass is 79.9. The molecule has 0 bridgehead atoms. The number of benzene rings is 1. The first-order chi connectivity index (χ1) is 9.90. The van der Waals surface area contributed by atoms with Crippen molar-refractivity contribution in [2.24, 2.45) is 0 Å². The number of carbonyl (C=O) groups is 1. The van der Waals surface area contributed by atoms with Gasteiger partial charge >= 0.3 is 0 Å². The highest BCUT2D eigenvalue weighted by molar-refractivity contribution is 9.10. The van der Waals surface area contributed by atoms with E-state index in [4.69, 9.17) is 11.6 Å². The van der Waals surface area contributed by atoms with Crippen LogP contribution < -0.4 is 5.32 Å². The average Bonchev–Trinajstić information content (AvgIpc) is 2.48. The van der Waals surface area contributed by atoms with Gasteiger partial charge in [-0.15, -0.1) is 0 Å². The van der Waals surface area contributed by atoms with E-state index < -0.39 is 0 Å². The maximum Gasteiger partial charge on any atom is 0.254 e. The molecule has 0 aliphatic carbocycles. The van der Waals surface area contributed by atoms with Crippen LogP contribution in [-0.2, 0) is 5.41 Å². The maximum atomic E-state index is 12.2. The topological polar surface area (TPSA) is 42.0 Å². The van der Waals surface area contributed by atoms with Crippen LogP contribution in [0.25, 0.3) is 0 Å². The number of rotatable bonds is 4. The number of halogens is 2. The summed E-state index contributed by atoms with van der Waals surface area (Å²) in [5.74, 6) is -0.224. The van der Waals surface area contributed by atoms with Crippen molar-refractivity contribution in [2.75, 3.05) is 6.54 Å². The summed E-state index contributed by atoms with van der Waals surface area (Å²) in [4.78, 5) is 16.2. The summed E-state index contributed by atoms with van der Waals surface area (Å²) in [6, 6.07) is 11.7. The molecular weight excluding hydrogens is 352 g/mol. The van der Waals surface area contributed by atoms with Gasteiger partial charge in [-0.25, -0.2) is 4.98 Å². The molecule has 0 saturated heterocycles. The number of nitrogens with zero attached hydrogens (tertiary/aromatic N) is 1. The van der Waals surface area contributed by atoms with Crippen molar-refractivity contribution in [2.45, 2.75) is 19.3 Å². The van der Waals surface area contributed by atoms with Gasteiger partial charge in [-0.2, -0.15) is 0 Å². The molecule has 0 fully saturated rings. The molecule has 2 aromatic rings. The minimum Gasteiger partial charge on any atom is -0.351 e. The van der Waals surface area contributed by atoms with Gasteiger partial charge in [-0.05, 0) is 27.6 Å². The van der Waals surface area contributed by atoms with Crippen LogP contribution in [0.15, 0.2) is 47.1 Å². The van der Waals surface area contributed by atoms with E-state index in [1.165, 1.54) is 5.56 Å². The standard InChI is InChI=1S/C16H16BrClN2O/c1-16(2,11-6-4-3-5-7-11)10-20-15(21)13-8-12(17)9-19-14(13)18/h3-9H,10H2,1-2H3,(H,20,21). The lowest BCUT2D eigenvalue weighted by molar-refractivity contribution is 0.0945. The lowest BCUT2D eigenvalue weighted by Crippen LogP contribution is -2.36. The zero-order chi connectivity index (χ0) is 15.5. The first-order valence-corrected chi connectivity index (χ1v) is 7.72. The second kappa shape index (κ2) is 6.58. The first kappa shape index (κ1) is 16.0. The number of nitrogens with one attached hydrogen (secondary N) is 1. The predicted octanol–water partition coefficient (Wildman–Crippen LogP) is 4.21. The molecule has 3 nitrogen and oxygen atoms in total. The summed E-state index contributed by atoms with van der Waals surface area (Å²) in [6.45, 7) is 4.69. The second-order valence-corrected chi connectivity index (χ2v) is 6.70. The highest BCUT2D eigenvalue weighted by Crippen LogP contribution is 2.22. The van der Waals surface area contributed by atoms with E-state index in [1.807, 2.05) is 18.2 Å². The van der Waals surface area contributed by atoms with E-state index in [-0.39, 0.29) is 16.5 Å². The summed E-state index contributed by atoms with van der Waals surface area (Å²) < 4.78 is 0.722. The third-order valence-corrected chi connectivity index (χ3v) is 4.03. The Morgan fingerprint density at radius 3 is 2.67 bits per heavy atom. The fourth-order valence-electron chi connectivity index (χ4n) is 1.97. The molecule has 0 aliphatic heterocycles. The Bertz CT molecular complexity index is 644. The lowest BCUT2D eigenvalue weighted by atomic mass is 9.84. The minimum absolute atomic E-state index is 0.164. The molecule has 2 rings (SSSR count). The van der Waals surface area contributed by atoms with E-state index >= 15 is 0 Å². The van der Waals surface area contributed by atoms with E-state index in [2.05, 4.69) is 52.2 Å². The van der Waals surface area contributed by atoms with Crippen molar-refractivity contribution in [3.8, 4) is 0 Å². The van der Waals surface area contributed by atoms with E-state index in [9.17, 15) is 4.79 Å². The molecule has 110 valence electrons. The molecule has 1 amide bonds. The Kier molecular flexibility index (Phi) is 5.01. The summed E-state index contributed by atoms with van der Waals surface area (Å²) >= 11 is 9.26. The zero-order valence-electron chi connectivity index (χ0n) is 11.9. The SMILES string of the molecule is CC(C)(CNC(=O)c1cc(Br)cnc1Cl)c1ccccc1. The summed E-state index contributed by atoms with van der Waals surface area (Å²) in [5, 5.41) is 3.12. The Labute approximate surface area is 137 Å². The van der Waals surface area contributed by atoms with E-state index in [0.717, 1.165) is 4.47 Å². The van der Waals surface area contributed by atoms with Crippen molar-refractivity contribution in [3.63, 3.8) is 0 Å². The number of hydrogen-bond acceptors (Lipinski definition) is 2. The van der Waals surface area contributed by atoms with Crippen LogP contribution in [0.3, 0.4) is 0 Å². The third-order valence-electron chi connectivity index (χ3n) is 3.30. The van der Waals surface area contributed by atoms with Crippen molar-refractivity contribution >= 4 is 33.4 Å². The van der Waals surface area contributed by atoms with Gasteiger partial charge < -0.3 is 5.32 Å². The molecule has 0 unspecified atom stereocenters. The summed E-state index contributed by atoms with van der Waals surface area (Å²) in [5.41, 5.74) is 1.38. The molecule has 0 atom stereocenters. The molecular formula is C16H16BrClN2O. The number of carbonyl (C=O) groups excluding carboxylic acids is 1. The number of amides is 1. The predicted molar refractivity (Wildman–Crippen MR) is 88.7 cm³/mol. The Morgan fingerprint density at radius 2 is 2.00 bits per heavy atom. The van der Waals surface area contributed by atoms with Crippen LogP contribution in [0.4, 0.5) is 0 Å². The Hall–Kier alpha value is -1.39. The third kappa shape index (κ3) is 4.05. The fourth-order valence-corrected chi connectivity index (χ4v) is 2.49. The van der Waals surface area contributed by atoms with Crippen LogP contribution in [0.1, 0.15) is 29.8 Å². The van der Waals surface area contributed by atoms with Crippen LogP contribution >= 0.6 is 27.5 Å². The van der Waals surface area contributed by atoms with Gasteiger partial charge in [-0.1, -0.05) is 55.8 Å². The number of hydrogen-bond donors (Lipinski definition) is 1. The molecule has 1 aromatic carbocycles. The summed E-state index contributed by atoms with van der Waals surface area (Å²) in [7, 11) is 0. The van der Waals surface area contributed by atoms with Gasteiger partial charge in [0, 0.05) is 22.6 Å². The lowest BCUT2D eigenvalue weighted by Gasteiger charge is -2.25. The normalized spacial score (nSPS) is 11.2. The van der Waals surface area contributed by atoms with E-state index in [1.54, 1.807) is 12.3 Å². The molecule has 1 heterocycles. The van der Waals surface area contributed by atoms with Crippen molar-refractivity contribution in [1.82, 2.24) is 10.3 Å². The van der Waals surface area contributed by atoms with Gasteiger partial charge in [0.15, 0.2) is 0 Å². The van der Waals surface area contributed by atoms with Gasteiger partial charge in [0.25, 0.3) is 5.91 Å². The van der Waals surface area contributed by atoms with Crippen LogP contribution in [0.2, 0.25) is 5.15 Å².